The van der Waals surface area contributed by atoms with E-state index in [9.17, 15) is 0 Å². The Labute approximate surface area is 125 Å². The minimum Gasteiger partial charge on any atom is -0.306 e. The molecule has 0 aliphatic heterocycles. The molecular weight excluding hydrogens is 266 g/mol. The molecule has 1 aromatic heterocycles. The van der Waals surface area contributed by atoms with E-state index < -0.39 is 0 Å². The van der Waals surface area contributed by atoms with Gasteiger partial charge in [0.15, 0.2) is 0 Å². The molecule has 1 unspecified atom stereocenters. The smallest absolute Gasteiger partial charge is 0.0607 e. The van der Waals surface area contributed by atoms with Crippen LogP contribution in [0.1, 0.15) is 37.9 Å². The molecule has 0 amide bonds. The summed E-state index contributed by atoms with van der Waals surface area (Å²) in [7, 11) is 0. The number of aromatic nitrogens is 2. The molecule has 1 aromatic carbocycles. The number of hydrogen-bond acceptors (Lipinski definition) is 3. The normalized spacial score (nSPS) is 12.6. The van der Waals surface area contributed by atoms with E-state index in [0.29, 0.717) is 0 Å². The fourth-order valence-corrected chi connectivity index (χ4v) is 2.92. The SMILES string of the molecule is CCNC(c1ccc(SCC)cc1)c1cnn(CC)c1. The molecule has 0 fully saturated rings. The van der Waals surface area contributed by atoms with Crippen molar-refractivity contribution in [2.24, 2.45) is 0 Å². The van der Waals surface area contributed by atoms with Gasteiger partial charge in [0.25, 0.3) is 0 Å². The Kier molecular flexibility index (Phi) is 5.68. The topological polar surface area (TPSA) is 29.9 Å². The van der Waals surface area contributed by atoms with Gasteiger partial charge in [-0.05, 0) is 36.9 Å². The third-order valence-electron chi connectivity index (χ3n) is 3.24. The van der Waals surface area contributed by atoms with Gasteiger partial charge in [-0.25, -0.2) is 0 Å². The van der Waals surface area contributed by atoms with Gasteiger partial charge in [-0.1, -0.05) is 26.0 Å². The molecule has 108 valence electrons. The molecule has 2 rings (SSSR count). The van der Waals surface area contributed by atoms with Crippen LogP contribution in [-0.4, -0.2) is 22.1 Å². The Hall–Kier alpha value is -1.26. The van der Waals surface area contributed by atoms with Gasteiger partial charge in [0.1, 0.15) is 0 Å². The van der Waals surface area contributed by atoms with Gasteiger partial charge in [0.05, 0.1) is 12.2 Å². The zero-order valence-electron chi connectivity index (χ0n) is 12.5. The molecule has 2 aromatic rings. The van der Waals surface area contributed by atoms with Gasteiger partial charge in [0, 0.05) is 23.2 Å². The molecular formula is C16H23N3S. The molecule has 1 atom stereocenters. The van der Waals surface area contributed by atoms with Gasteiger partial charge in [-0.15, -0.1) is 11.8 Å². The number of aryl methyl sites for hydroxylation is 1. The molecule has 3 nitrogen and oxygen atoms in total. The van der Waals surface area contributed by atoms with Crippen LogP contribution >= 0.6 is 11.8 Å². The highest BCUT2D eigenvalue weighted by Crippen LogP contribution is 2.25. The Morgan fingerprint density at radius 3 is 2.45 bits per heavy atom. The lowest BCUT2D eigenvalue weighted by Gasteiger charge is -2.17. The summed E-state index contributed by atoms with van der Waals surface area (Å²) >= 11 is 1.88. The number of nitrogens with zero attached hydrogens (tertiary/aromatic N) is 2. The van der Waals surface area contributed by atoms with Crippen LogP contribution in [0.2, 0.25) is 0 Å². The number of thioether (sulfide) groups is 1. The highest BCUT2D eigenvalue weighted by Gasteiger charge is 2.14. The molecule has 0 saturated heterocycles. The first-order valence-electron chi connectivity index (χ1n) is 7.27. The summed E-state index contributed by atoms with van der Waals surface area (Å²) in [5, 5.41) is 7.93. The zero-order valence-corrected chi connectivity index (χ0v) is 13.3. The fraction of sp³-hybridized carbons (Fsp3) is 0.438. The molecule has 0 bridgehead atoms. The summed E-state index contributed by atoms with van der Waals surface area (Å²) < 4.78 is 1.97. The van der Waals surface area contributed by atoms with Crippen LogP contribution in [0.5, 0.6) is 0 Å². The second-order valence-electron chi connectivity index (χ2n) is 4.62. The first kappa shape index (κ1) is 15.1. The number of rotatable bonds is 7. The van der Waals surface area contributed by atoms with E-state index in [1.165, 1.54) is 16.0 Å². The van der Waals surface area contributed by atoms with Crippen molar-refractivity contribution in [3.05, 3.63) is 47.8 Å². The molecule has 0 spiro atoms. The zero-order chi connectivity index (χ0) is 14.4. The minimum atomic E-state index is 0.223. The lowest BCUT2D eigenvalue weighted by molar-refractivity contribution is 0.625. The summed E-state index contributed by atoms with van der Waals surface area (Å²) in [5.74, 6) is 1.11. The second kappa shape index (κ2) is 7.50. The minimum absolute atomic E-state index is 0.223. The van der Waals surface area contributed by atoms with E-state index in [0.717, 1.165) is 18.8 Å². The molecule has 1 N–H and O–H groups in total. The third-order valence-corrected chi connectivity index (χ3v) is 4.14. The van der Waals surface area contributed by atoms with E-state index in [4.69, 9.17) is 0 Å². The Bertz CT molecular complexity index is 519. The van der Waals surface area contributed by atoms with Gasteiger partial charge in [-0.2, -0.15) is 5.10 Å². The van der Waals surface area contributed by atoms with Crippen molar-refractivity contribution in [3.63, 3.8) is 0 Å². The Balaban J connectivity index is 2.23. The molecule has 20 heavy (non-hydrogen) atoms. The molecule has 0 aliphatic rings. The summed E-state index contributed by atoms with van der Waals surface area (Å²) in [6.45, 7) is 8.27. The van der Waals surface area contributed by atoms with E-state index >= 15 is 0 Å². The second-order valence-corrected chi connectivity index (χ2v) is 5.96. The van der Waals surface area contributed by atoms with Crippen molar-refractivity contribution in [1.82, 2.24) is 15.1 Å². The van der Waals surface area contributed by atoms with Crippen molar-refractivity contribution in [2.45, 2.75) is 38.3 Å². The standard InChI is InChI=1S/C16H23N3S/c1-4-17-16(14-11-18-19(5-2)12-14)13-7-9-15(10-8-13)20-6-3/h7-12,16-17H,4-6H2,1-3H3. The van der Waals surface area contributed by atoms with Crippen molar-refractivity contribution < 1.29 is 0 Å². The molecule has 1 heterocycles. The molecule has 0 saturated carbocycles. The average molecular weight is 289 g/mol. The summed E-state index contributed by atoms with van der Waals surface area (Å²) in [6.07, 6.45) is 4.09. The first-order valence-corrected chi connectivity index (χ1v) is 8.25. The fourth-order valence-electron chi connectivity index (χ4n) is 2.26. The van der Waals surface area contributed by atoms with Crippen LogP contribution in [0.4, 0.5) is 0 Å². The lowest BCUT2D eigenvalue weighted by Crippen LogP contribution is -2.21. The number of hydrogen-bond donors (Lipinski definition) is 1. The van der Waals surface area contributed by atoms with Crippen molar-refractivity contribution in [3.8, 4) is 0 Å². The maximum Gasteiger partial charge on any atom is 0.0607 e. The van der Waals surface area contributed by atoms with Crippen molar-refractivity contribution in [1.29, 1.82) is 0 Å². The van der Waals surface area contributed by atoms with E-state index in [1.54, 1.807) is 0 Å². The maximum absolute atomic E-state index is 4.38. The van der Waals surface area contributed by atoms with E-state index in [2.05, 4.69) is 61.6 Å². The van der Waals surface area contributed by atoms with Crippen molar-refractivity contribution >= 4 is 11.8 Å². The van der Waals surface area contributed by atoms with Crippen molar-refractivity contribution in [2.75, 3.05) is 12.3 Å². The van der Waals surface area contributed by atoms with E-state index in [1.807, 2.05) is 22.6 Å². The monoisotopic (exact) mass is 289 g/mol. The molecule has 0 aliphatic carbocycles. The third kappa shape index (κ3) is 3.64. The molecule has 4 heteroatoms. The van der Waals surface area contributed by atoms with Gasteiger partial charge >= 0.3 is 0 Å². The number of benzene rings is 1. The highest BCUT2D eigenvalue weighted by molar-refractivity contribution is 7.99. The van der Waals surface area contributed by atoms with Crippen LogP contribution in [0.3, 0.4) is 0 Å². The predicted octanol–water partition coefficient (Wildman–Crippen LogP) is 3.71. The summed E-state index contributed by atoms with van der Waals surface area (Å²) in [5.41, 5.74) is 2.52. The van der Waals surface area contributed by atoms with Gasteiger partial charge < -0.3 is 5.32 Å². The van der Waals surface area contributed by atoms with Crippen LogP contribution in [0.15, 0.2) is 41.6 Å². The highest BCUT2D eigenvalue weighted by atomic mass is 32.2. The lowest BCUT2D eigenvalue weighted by atomic mass is 10.0. The van der Waals surface area contributed by atoms with Gasteiger partial charge in [0.2, 0.25) is 0 Å². The first-order chi connectivity index (χ1) is 9.78. The summed E-state index contributed by atoms with van der Waals surface area (Å²) in [4.78, 5) is 1.33. The van der Waals surface area contributed by atoms with Crippen LogP contribution in [0, 0.1) is 0 Å². The van der Waals surface area contributed by atoms with Gasteiger partial charge in [-0.3, -0.25) is 4.68 Å². The quantitative estimate of drug-likeness (QED) is 0.788. The largest absolute Gasteiger partial charge is 0.306 e. The van der Waals surface area contributed by atoms with Crippen LogP contribution < -0.4 is 5.32 Å². The van der Waals surface area contributed by atoms with E-state index in [-0.39, 0.29) is 6.04 Å². The summed E-state index contributed by atoms with van der Waals surface area (Å²) in [6, 6.07) is 9.07. The molecule has 0 radical (unpaired) electrons. The Morgan fingerprint density at radius 1 is 1.15 bits per heavy atom. The maximum atomic E-state index is 4.38. The van der Waals surface area contributed by atoms with Crippen LogP contribution in [-0.2, 0) is 6.54 Å². The Morgan fingerprint density at radius 2 is 1.90 bits per heavy atom. The van der Waals surface area contributed by atoms with Crippen LogP contribution in [0.25, 0.3) is 0 Å². The number of nitrogens with one attached hydrogen (secondary N) is 1. The predicted molar refractivity (Wildman–Crippen MR) is 86.3 cm³/mol. The average Bonchev–Trinajstić information content (AvgIpc) is 2.95.